The van der Waals surface area contributed by atoms with Crippen LogP contribution in [-0.4, -0.2) is 42.5 Å². The zero-order valence-corrected chi connectivity index (χ0v) is 14.7. The van der Waals surface area contributed by atoms with E-state index in [1.807, 2.05) is 30.3 Å². The Hall–Kier alpha value is -2.93. The van der Waals surface area contributed by atoms with E-state index < -0.39 is 24.4 Å². The number of ether oxygens (including phenoxy) is 1. The first-order chi connectivity index (χ1) is 12.5. The summed E-state index contributed by atoms with van der Waals surface area (Å²) in [6.45, 7) is -0.333. The summed E-state index contributed by atoms with van der Waals surface area (Å²) >= 11 is 5.76. The van der Waals surface area contributed by atoms with Gasteiger partial charge >= 0.3 is 5.97 Å². The van der Waals surface area contributed by atoms with Crippen LogP contribution in [0.15, 0.2) is 48.7 Å². The minimum absolute atomic E-state index is 0.0870. The monoisotopic (exact) mass is 375 g/mol. The number of nitrogens with one attached hydrogen (secondary N) is 2. The van der Waals surface area contributed by atoms with Crippen molar-refractivity contribution in [1.82, 2.24) is 15.6 Å². The highest BCUT2D eigenvalue weighted by Crippen LogP contribution is 2.07. The van der Waals surface area contributed by atoms with Crippen LogP contribution in [0, 0.1) is 0 Å². The summed E-state index contributed by atoms with van der Waals surface area (Å²) in [5.74, 6) is -1.69. The quantitative estimate of drug-likeness (QED) is 0.679. The molecule has 8 heteroatoms. The molecule has 0 fully saturated rings. The highest BCUT2D eigenvalue weighted by molar-refractivity contribution is 6.30. The number of benzene rings is 1. The maximum atomic E-state index is 11.8. The Kier molecular flexibility index (Phi) is 7.57. The summed E-state index contributed by atoms with van der Waals surface area (Å²) in [4.78, 5) is 38.9. The van der Waals surface area contributed by atoms with Gasteiger partial charge in [-0.2, -0.15) is 0 Å². The van der Waals surface area contributed by atoms with Gasteiger partial charge in [0.15, 0.2) is 6.61 Å². The molecule has 1 heterocycles. The zero-order valence-electron chi connectivity index (χ0n) is 13.9. The van der Waals surface area contributed by atoms with Crippen LogP contribution in [0.5, 0.6) is 0 Å². The number of esters is 1. The van der Waals surface area contributed by atoms with Crippen molar-refractivity contribution in [1.29, 1.82) is 0 Å². The Labute approximate surface area is 155 Å². The minimum Gasteiger partial charge on any atom is -0.454 e. The van der Waals surface area contributed by atoms with Crippen molar-refractivity contribution in [3.8, 4) is 0 Å². The number of nitrogens with zero attached hydrogens (tertiary/aromatic N) is 1. The first kappa shape index (κ1) is 19.4. The number of carbonyl (C=O) groups is 3. The summed E-state index contributed by atoms with van der Waals surface area (Å²) in [6, 6.07) is 12.6. The van der Waals surface area contributed by atoms with Crippen LogP contribution in [0.1, 0.15) is 16.1 Å². The van der Waals surface area contributed by atoms with E-state index in [1.54, 1.807) is 0 Å². The fraction of sp³-hybridized carbons (Fsp3) is 0.222. The number of pyridine rings is 1. The lowest BCUT2D eigenvalue weighted by Gasteiger charge is -2.07. The first-order valence-electron chi connectivity index (χ1n) is 7.90. The average Bonchev–Trinajstić information content (AvgIpc) is 2.65. The largest absolute Gasteiger partial charge is 0.454 e. The minimum atomic E-state index is -0.724. The third-order valence-corrected chi connectivity index (χ3v) is 3.53. The van der Waals surface area contributed by atoms with E-state index >= 15 is 0 Å². The first-order valence-corrected chi connectivity index (χ1v) is 8.28. The molecule has 0 aliphatic heterocycles. The second-order valence-electron chi connectivity index (χ2n) is 5.29. The maximum absolute atomic E-state index is 11.8. The molecule has 0 saturated carbocycles. The van der Waals surface area contributed by atoms with E-state index in [2.05, 4.69) is 15.6 Å². The average molecular weight is 376 g/mol. The zero-order chi connectivity index (χ0) is 18.8. The van der Waals surface area contributed by atoms with Crippen LogP contribution in [0.4, 0.5) is 0 Å². The Morgan fingerprint density at radius 3 is 2.58 bits per heavy atom. The summed E-state index contributed by atoms with van der Waals surface area (Å²) in [6.07, 6.45) is 2.07. The van der Waals surface area contributed by atoms with E-state index in [4.69, 9.17) is 16.3 Å². The number of amides is 2. The van der Waals surface area contributed by atoms with Crippen molar-refractivity contribution in [3.05, 3.63) is 64.9 Å². The number of aromatic nitrogens is 1. The van der Waals surface area contributed by atoms with Crippen LogP contribution in [-0.2, 0) is 20.7 Å². The maximum Gasteiger partial charge on any atom is 0.325 e. The van der Waals surface area contributed by atoms with Crippen LogP contribution >= 0.6 is 11.6 Å². The topological polar surface area (TPSA) is 97.4 Å². The molecule has 1 aromatic carbocycles. The third-order valence-electron chi connectivity index (χ3n) is 3.29. The van der Waals surface area contributed by atoms with Crippen molar-refractivity contribution >= 4 is 29.4 Å². The van der Waals surface area contributed by atoms with Crippen LogP contribution < -0.4 is 10.6 Å². The molecule has 0 atom stereocenters. The van der Waals surface area contributed by atoms with Gasteiger partial charge < -0.3 is 15.4 Å². The van der Waals surface area contributed by atoms with Gasteiger partial charge in [0.25, 0.3) is 11.8 Å². The van der Waals surface area contributed by atoms with Gasteiger partial charge in [-0.05, 0) is 24.1 Å². The predicted molar refractivity (Wildman–Crippen MR) is 95.7 cm³/mol. The van der Waals surface area contributed by atoms with E-state index in [9.17, 15) is 14.4 Å². The van der Waals surface area contributed by atoms with Gasteiger partial charge in [0, 0.05) is 17.8 Å². The van der Waals surface area contributed by atoms with Crippen molar-refractivity contribution in [3.63, 3.8) is 0 Å². The highest BCUT2D eigenvalue weighted by atomic mass is 35.5. The van der Waals surface area contributed by atoms with Crippen molar-refractivity contribution in [2.75, 3.05) is 19.7 Å². The second kappa shape index (κ2) is 10.1. The molecule has 0 bridgehead atoms. The van der Waals surface area contributed by atoms with E-state index in [1.165, 1.54) is 18.3 Å². The van der Waals surface area contributed by atoms with E-state index in [0.717, 1.165) is 5.56 Å². The van der Waals surface area contributed by atoms with Crippen molar-refractivity contribution < 1.29 is 19.1 Å². The lowest BCUT2D eigenvalue weighted by Crippen LogP contribution is -2.34. The molecular formula is C18H18ClN3O4. The summed E-state index contributed by atoms with van der Waals surface area (Å²) < 4.78 is 4.80. The molecule has 2 amide bonds. The van der Waals surface area contributed by atoms with Gasteiger partial charge in [-0.1, -0.05) is 41.9 Å². The highest BCUT2D eigenvalue weighted by Gasteiger charge is 2.11. The lowest BCUT2D eigenvalue weighted by molar-refractivity contribution is -0.147. The Morgan fingerprint density at radius 2 is 1.85 bits per heavy atom. The molecule has 0 aliphatic carbocycles. The Balaban J connectivity index is 1.62. The van der Waals surface area contributed by atoms with Gasteiger partial charge in [-0.15, -0.1) is 0 Å². The fourth-order valence-electron chi connectivity index (χ4n) is 2.01. The normalized spacial score (nSPS) is 10.0. The Bertz CT molecular complexity index is 768. The van der Waals surface area contributed by atoms with Crippen LogP contribution in [0.25, 0.3) is 0 Å². The lowest BCUT2D eigenvalue weighted by atomic mass is 10.1. The molecule has 2 rings (SSSR count). The molecule has 2 N–H and O–H groups in total. The molecule has 136 valence electrons. The van der Waals surface area contributed by atoms with Gasteiger partial charge in [-0.3, -0.25) is 19.4 Å². The summed E-state index contributed by atoms with van der Waals surface area (Å²) in [7, 11) is 0. The van der Waals surface area contributed by atoms with Gasteiger partial charge in [0.05, 0.1) is 0 Å². The predicted octanol–water partition coefficient (Wildman–Crippen LogP) is 1.37. The van der Waals surface area contributed by atoms with Gasteiger partial charge in [0.2, 0.25) is 0 Å². The summed E-state index contributed by atoms with van der Waals surface area (Å²) in [5, 5.41) is 5.36. The van der Waals surface area contributed by atoms with E-state index in [0.29, 0.717) is 18.0 Å². The standard InChI is InChI=1S/C18H18ClN3O4/c19-14-7-9-20-15(10-14)18(25)22-11-17(24)26-12-16(23)21-8-6-13-4-2-1-3-5-13/h1-5,7,9-10H,6,8,11-12H2,(H,21,23)(H,22,25). The summed E-state index contributed by atoms with van der Waals surface area (Å²) in [5.41, 5.74) is 1.19. The number of hydrogen-bond donors (Lipinski definition) is 2. The number of rotatable bonds is 8. The molecule has 0 aliphatic rings. The number of carbonyl (C=O) groups excluding carboxylic acids is 3. The van der Waals surface area contributed by atoms with Gasteiger partial charge in [0.1, 0.15) is 12.2 Å². The molecular weight excluding hydrogens is 358 g/mol. The number of halogens is 1. The second-order valence-corrected chi connectivity index (χ2v) is 5.72. The molecule has 0 saturated heterocycles. The SMILES string of the molecule is O=C(COC(=O)CNC(=O)c1cc(Cl)ccn1)NCCc1ccccc1. The Morgan fingerprint density at radius 1 is 1.08 bits per heavy atom. The van der Waals surface area contributed by atoms with Gasteiger partial charge in [-0.25, -0.2) is 0 Å². The van der Waals surface area contributed by atoms with Crippen LogP contribution in [0.3, 0.4) is 0 Å². The third kappa shape index (κ3) is 6.90. The smallest absolute Gasteiger partial charge is 0.325 e. The molecule has 2 aromatic rings. The molecule has 0 unspecified atom stereocenters. The van der Waals surface area contributed by atoms with Crippen molar-refractivity contribution in [2.24, 2.45) is 0 Å². The molecule has 0 spiro atoms. The van der Waals surface area contributed by atoms with E-state index in [-0.39, 0.29) is 12.2 Å². The fourth-order valence-corrected chi connectivity index (χ4v) is 2.17. The van der Waals surface area contributed by atoms with Crippen LogP contribution in [0.2, 0.25) is 5.02 Å². The molecule has 7 nitrogen and oxygen atoms in total. The molecule has 0 radical (unpaired) electrons. The molecule has 26 heavy (non-hydrogen) atoms. The van der Waals surface area contributed by atoms with Crippen molar-refractivity contribution in [2.45, 2.75) is 6.42 Å². The number of hydrogen-bond acceptors (Lipinski definition) is 5. The molecule has 1 aromatic heterocycles.